The van der Waals surface area contributed by atoms with Crippen LogP contribution in [0, 0.1) is 11.3 Å². The van der Waals surface area contributed by atoms with E-state index < -0.39 is 23.3 Å². The summed E-state index contributed by atoms with van der Waals surface area (Å²) in [6.07, 6.45) is 0.890. The van der Waals surface area contributed by atoms with Gasteiger partial charge in [-0.1, -0.05) is 58.0 Å². The third-order valence-corrected chi connectivity index (χ3v) is 3.85. The Labute approximate surface area is 149 Å². The zero-order chi connectivity index (χ0) is 19.0. The average Bonchev–Trinajstić information content (AvgIpc) is 2.51. The van der Waals surface area contributed by atoms with Crippen molar-refractivity contribution in [1.29, 1.82) is 0 Å². The zero-order valence-corrected chi connectivity index (χ0v) is 15.3. The number of aliphatic carboxylic acids is 1. The predicted molar refractivity (Wildman–Crippen MR) is 96.0 cm³/mol. The van der Waals surface area contributed by atoms with Crippen LogP contribution in [0.4, 0.5) is 0 Å². The van der Waals surface area contributed by atoms with Gasteiger partial charge in [-0.2, -0.15) is 0 Å². The third-order valence-electron chi connectivity index (χ3n) is 3.85. The molecule has 1 aromatic rings. The summed E-state index contributed by atoms with van der Waals surface area (Å²) in [7, 11) is 0. The van der Waals surface area contributed by atoms with Crippen molar-refractivity contribution in [3.8, 4) is 0 Å². The number of benzene rings is 1. The van der Waals surface area contributed by atoms with Crippen molar-refractivity contribution in [2.45, 2.75) is 46.6 Å². The normalized spacial score (nSPS) is 12.5. The number of carbonyl (C=O) groups excluding carboxylic acids is 2. The molecule has 0 radical (unpaired) electrons. The molecule has 138 valence electrons. The van der Waals surface area contributed by atoms with Gasteiger partial charge in [0.2, 0.25) is 11.8 Å². The van der Waals surface area contributed by atoms with Crippen LogP contribution in [-0.2, 0) is 20.8 Å². The van der Waals surface area contributed by atoms with Gasteiger partial charge in [0.15, 0.2) is 0 Å². The van der Waals surface area contributed by atoms with Crippen molar-refractivity contribution >= 4 is 17.8 Å². The number of carboxylic acid groups (broad SMARTS) is 1. The molecule has 0 bridgehead atoms. The Kier molecular flexibility index (Phi) is 7.61. The second-order valence-corrected chi connectivity index (χ2v) is 7.32. The minimum Gasteiger partial charge on any atom is -0.480 e. The Morgan fingerprint density at radius 1 is 1.12 bits per heavy atom. The van der Waals surface area contributed by atoms with E-state index in [4.69, 9.17) is 5.11 Å². The maximum Gasteiger partial charge on any atom is 0.326 e. The molecule has 1 rings (SSSR count). The number of carboxylic acids is 1. The molecule has 1 atom stereocenters. The summed E-state index contributed by atoms with van der Waals surface area (Å²) in [6, 6.07) is 8.70. The molecule has 2 amide bonds. The number of carbonyl (C=O) groups is 3. The highest BCUT2D eigenvalue weighted by molar-refractivity contribution is 5.89. The van der Waals surface area contributed by atoms with Crippen LogP contribution in [0.3, 0.4) is 0 Å². The Bertz CT molecular complexity index is 597. The van der Waals surface area contributed by atoms with Crippen LogP contribution in [0.25, 0.3) is 0 Å². The molecule has 0 aliphatic heterocycles. The zero-order valence-electron chi connectivity index (χ0n) is 15.3. The van der Waals surface area contributed by atoms with Crippen molar-refractivity contribution in [3.63, 3.8) is 0 Å². The topological polar surface area (TPSA) is 95.5 Å². The fraction of sp³-hybridized carbons (Fsp3) is 0.526. The molecule has 0 saturated carbocycles. The van der Waals surface area contributed by atoms with Gasteiger partial charge in [-0.3, -0.25) is 9.59 Å². The molecule has 0 spiro atoms. The van der Waals surface area contributed by atoms with Crippen molar-refractivity contribution in [3.05, 3.63) is 35.9 Å². The Morgan fingerprint density at radius 3 is 2.24 bits per heavy atom. The smallest absolute Gasteiger partial charge is 0.326 e. The highest BCUT2D eigenvalue weighted by Crippen LogP contribution is 2.21. The number of hydrogen-bond acceptors (Lipinski definition) is 3. The first-order chi connectivity index (χ1) is 11.6. The quantitative estimate of drug-likeness (QED) is 0.636. The molecule has 0 heterocycles. The third kappa shape index (κ3) is 7.37. The molecule has 0 saturated heterocycles. The largest absolute Gasteiger partial charge is 0.480 e. The Morgan fingerprint density at radius 2 is 1.72 bits per heavy atom. The van der Waals surface area contributed by atoms with E-state index in [2.05, 4.69) is 10.6 Å². The highest BCUT2D eigenvalue weighted by atomic mass is 16.4. The van der Waals surface area contributed by atoms with Gasteiger partial charge in [0, 0.05) is 5.41 Å². The van der Waals surface area contributed by atoms with Crippen LogP contribution in [0.15, 0.2) is 30.3 Å². The van der Waals surface area contributed by atoms with Crippen LogP contribution < -0.4 is 10.6 Å². The summed E-state index contributed by atoms with van der Waals surface area (Å²) in [5.74, 6) is -1.68. The molecule has 0 fully saturated rings. The lowest BCUT2D eigenvalue weighted by atomic mass is 9.85. The first-order valence-electron chi connectivity index (χ1n) is 8.46. The first-order valence-corrected chi connectivity index (χ1v) is 8.46. The van der Waals surface area contributed by atoms with Crippen LogP contribution in [0.5, 0.6) is 0 Å². The molecular formula is C19H28N2O4. The average molecular weight is 348 g/mol. The highest BCUT2D eigenvalue weighted by Gasteiger charge is 2.28. The molecule has 0 aromatic heterocycles. The van der Waals surface area contributed by atoms with Gasteiger partial charge < -0.3 is 15.7 Å². The fourth-order valence-corrected chi connectivity index (χ4v) is 2.52. The maximum absolute atomic E-state index is 12.4. The number of nitrogens with one attached hydrogen (secondary N) is 2. The molecule has 6 heteroatoms. The van der Waals surface area contributed by atoms with Gasteiger partial charge in [0.05, 0.1) is 6.54 Å². The van der Waals surface area contributed by atoms with Crippen molar-refractivity contribution in [2.24, 2.45) is 11.3 Å². The van der Waals surface area contributed by atoms with E-state index in [1.807, 2.05) is 58.0 Å². The van der Waals surface area contributed by atoms with Gasteiger partial charge in [-0.15, -0.1) is 0 Å². The molecule has 25 heavy (non-hydrogen) atoms. The second-order valence-electron chi connectivity index (χ2n) is 7.32. The van der Waals surface area contributed by atoms with Gasteiger partial charge >= 0.3 is 5.97 Å². The lowest BCUT2D eigenvalue weighted by Gasteiger charge is -2.24. The molecule has 6 nitrogen and oxygen atoms in total. The second kappa shape index (κ2) is 9.20. The van der Waals surface area contributed by atoms with E-state index in [1.165, 1.54) is 0 Å². The van der Waals surface area contributed by atoms with Crippen molar-refractivity contribution in [1.82, 2.24) is 10.6 Å². The Hall–Kier alpha value is -2.37. The number of hydrogen-bond donors (Lipinski definition) is 3. The van der Waals surface area contributed by atoms with E-state index in [0.29, 0.717) is 12.8 Å². The van der Waals surface area contributed by atoms with E-state index in [9.17, 15) is 14.4 Å². The van der Waals surface area contributed by atoms with Gasteiger partial charge in [-0.05, 0) is 24.3 Å². The van der Waals surface area contributed by atoms with Crippen molar-refractivity contribution < 1.29 is 19.5 Å². The molecule has 0 aliphatic rings. The molecule has 1 aromatic carbocycles. The minimum absolute atomic E-state index is 0.140. The molecule has 0 unspecified atom stereocenters. The first kappa shape index (κ1) is 20.7. The van der Waals surface area contributed by atoms with Crippen LogP contribution in [0.1, 0.15) is 39.7 Å². The summed E-state index contributed by atoms with van der Waals surface area (Å²) in [6.45, 7) is 7.16. The van der Waals surface area contributed by atoms with Gasteiger partial charge in [0.25, 0.3) is 0 Å². The lowest BCUT2D eigenvalue weighted by Crippen LogP contribution is -2.48. The Balaban J connectivity index is 2.53. The van der Waals surface area contributed by atoms with E-state index in [-0.39, 0.29) is 18.4 Å². The van der Waals surface area contributed by atoms with Crippen LogP contribution in [-0.4, -0.2) is 35.5 Å². The SMILES string of the molecule is CC(C)C[C@H](NC(=O)CNC(=O)C(C)(C)Cc1ccccc1)C(=O)O. The van der Waals surface area contributed by atoms with E-state index in [1.54, 1.807) is 0 Å². The lowest BCUT2D eigenvalue weighted by molar-refractivity contribution is -0.142. The molecule has 0 aliphatic carbocycles. The van der Waals surface area contributed by atoms with Crippen molar-refractivity contribution in [2.75, 3.05) is 6.54 Å². The minimum atomic E-state index is -1.07. The summed E-state index contributed by atoms with van der Waals surface area (Å²) in [4.78, 5) is 35.5. The van der Waals surface area contributed by atoms with Gasteiger partial charge in [-0.25, -0.2) is 4.79 Å². The monoisotopic (exact) mass is 348 g/mol. The van der Waals surface area contributed by atoms with Crippen LogP contribution >= 0.6 is 0 Å². The number of amides is 2. The van der Waals surface area contributed by atoms with E-state index >= 15 is 0 Å². The van der Waals surface area contributed by atoms with Crippen LogP contribution in [0.2, 0.25) is 0 Å². The number of rotatable bonds is 9. The summed E-state index contributed by atoms with van der Waals surface area (Å²) in [5.41, 5.74) is 0.362. The summed E-state index contributed by atoms with van der Waals surface area (Å²) < 4.78 is 0. The summed E-state index contributed by atoms with van der Waals surface area (Å²) >= 11 is 0. The molecular weight excluding hydrogens is 320 g/mol. The predicted octanol–water partition coefficient (Wildman–Crippen LogP) is 1.99. The summed E-state index contributed by atoms with van der Waals surface area (Å²) in [5, 5.41) is 14.2. The van der Waals surface area contributed by atoms with Gasteiger partial charge in [0.1, 0.15) is 6.04 Å². The standard InChI is InChI=1S/C19H28N2O4/c1-13(2)10-15(17(23)24)21-16(22)12-20-18(25)19(3,4)11-14-8-6-5-7-9-14/h5-9,13,15H,10-12H2,1-4H3,(H,20,25)(H,21,22)(H,23,24)/t15-/m0/s1. The molecule has 3 N–H and O–H groups in total. The van der Waals surface area contributed by atoms with E-state index in [0.717, 1.165) is 5.56 Å². The fourth-order valence-electron chi connectivity index (χ4n) is 2.52. The maximum atomic E-state index is 12.4.